The molecule has 0 saturated carbocycles. The second-order valence-electron chi connectivity index (χ2n) is 5.07. The summed E-state index contributed by atoms with van der Waals surface area (Å²) in [4.78, 5) is 23.9. The average Bonchev–Trinajstić information content (AvgIpc) is 3.03. The van der Waals surface area contributed by atoms with Crippen LogP contribution in [0.2, 0.25) is 0 Å². The van der Waals surface area contributed by atoms with Crippen molar-refractivity contribution in [2.45, 2.75) is 6.42 Å². The van der Waals surface area contributed by atoms with E-state index in [1.165, 1.54) is 0 Å². The summed E-state index contributed by atoms with van der Waals surface area (Å²) in [7, 11) is 1.56. The standard InChI is InChI=1S/C17H16N2O5/c1-22-13-5-2-11(3-6-13)18-16(20)9-17(21)19-12-4-7-14-15(8-12)24-10-23-14/h2-8H,9-10H2,1H3,(H,18,20)(H,19,21). The first-order chi connectivity index (χ1) is 11.6. The number of methoxy groups -OCH3 is 1. The molecular weight excluding hydrogens is 312 g/mol. The largest absolute Gasteiger partial charge is 0.497 e. The van der Waals surface area contributed by atoms with Crippen molar-refractivity contribution in [3.05, 3.63) is 42.5 Å². The van der Waals surface area contributed by atoms with E-state index in [0.717, 1.165) is 0 Å². The van der Waals surface area contributed by atoms with Gasteiger partial charge >= 0.3 is 0 Å². The minimum absolute atomic E-state index is 0.164. The van der Waals surface area contributed by atoms with Gasteiger partial charge in [-0.2, -0.15) is 0 Å². The van der Waals surface area contributed by atoms with E-state index in [9.17, 15) is 9.59 Å². The van der Waals surface area contributed by atoms with Crippen LogP contribution in [0.15, 0.2) is 42.5 Å². The van der Waals surface area contributed by atoms with Gasteiger partial charge in [0.15, 0.2) is 11.5 Å². The van der Waals surface area contributed by atoms with Crippen molar-refractivity contribution in [2.75, 3.05) is 24.5 Å². The molecule has 3 rings (SSSR count). The molecule has 2 aromatic carbocycles. The number of rotatable bonds is 5. The molecule has 0 unspecified atom stereocenters. The SMILES string of the molecule is COc1ccc(NC(=O)CC(=O)Nc2ccc3c(c2)OCO3)cc1. The van der Waals surface area contributed by atoms with E-state index in [0.29, 0.717) is 28.6 Å². The molecule has 0 radical (unpaired) electrons. The van der Waals surface area contributed by atoms with Gasteiger partial charge in [-0.05, 0) is 36.4 Å². The molecule has 0 aliphatic carbocycles. The summed E-state index contributed by atoms with van der Waals surface area (Å²) in [6.45, 7) is 0.164. The third-order valence-electron chi connectivity index (χ3n) is 3.35. The van der Waals surface area contributed by atoms with Gasteiger partial charge in [-0.1, -0.05) is 0 Å². The molecule has 0 bridgehead atoms. The minimum Gasteiger partial charge on any atom is -0.497 e. The molecule has 24 heavy (non-hydrogen) atoms. The van der Waals surface area contributed by atoms with Crippen LogP contribution in [-0.4, -0.2) is 25.7 Å². The molecule has 1 heterocycles. The third kappa shape index (κ3) is 3.75. The number of benzene rings is 2. The summed E-state index contributed by atoms with van der Waals surface area (Å²) in [5, 5.41) is 5.30. The number of anilines is 2. The van der Waals surface area contributed by atoms with Crippen molar-refractivity contribution < 1.29 is 23.8 Å². The zero-order chi connectivity index (χ0) is 16.9. The highest BCUT2D eigenvalue weighted by Gasteiger charge is 2.15. The van der Waals surface area contributed by atoms with Gasteiger partial charge in [-0.25, -0.2) is 0 Å². The predicted molar refractivity (Wildman–Crippen MR) is 87.4 cm³/mol. The highest BCUT2D eigenvalue weighted by molar-refractivity contribution is 6.08. The van der Waals surface area contributed by atoms with Crippen LogP contribution in [0.4, 0.5) is 11.4 Å². The van der Waals surface area contributed by atoms with Crippen molar-refractivity contribution >= 4 is 23.2 Å². The van der Waals surface area contributed by atoms with Crippen LogP contribution >= 0.6 is 0 Å². The fourth-order valence-corrected chi connectivity index (χ4v) is 2.20. The predicted octanol–water partition coefficient (Wildman–Crippen LogP) is 2.39. The molecular formula is C17H16N2O5. The van der Waals surface area contributed by atoms with Crippen LogP contribution in [0.25, 0.3) is 0 Å². The Balaban J connectivity index is 1.53. The lowest BCUT2D eigenvalue weighted by molar-refractivity contribution is -0.123. The van der Waals surface area contributed by atoms with Gasteiger partial charge in [-0.15, -0.1) is 0 Å². The maximum Gasteiger partial charge on any atom is 0.233 e. The van der Waals surface area contributed by atoms with Crippen LogP contribution in [0.1, 0.15) is 6.42 Å². The van der Waals surface area contributed by atoms with Crippen LogP contribution in [-0.2, 0) is 9.59 Å². The number of nitrogens with one attached hydrogen (secondary N) is 2. The van der Waals surface area contributed by atoms with Crippen LogP contribution < -0.4 is 24.8 Å². The zero-order valence-electron chi connectivity index (χ0n) is 13.0. The normalized spacial score (nSPS) is 11.7. The van der Waals surface area contributed by atoms with Crippen molar-refractivity contribution in [3.8, 4) is 17.2 Å². The fraction of sp³-hybridized carbons (Fsp3) is 0.176. The molecule has 0 aromatic heterocycles. The Kier molecular flexibility index (Phi) is 4.51. The summed E-state index contributed by atoms with van der Waals surface area (Å²) in [6.07, 6.45) is -0.291. The van der Waals surface area contributed by atoms with E-state index >= 15 is 0 Å². The number of amides is 2. The first-order valence-corrected chi connectivity index (χ1v) is 7.27. The molecule has 0 saturated heterocycles. The van der Waals surface area contributed by atoms with Gasteiger partial charge in [-0.3, -0.25) is 9.59 Å². The van der Waals surface area contributed by atoms with Crippen LogP contribution in [0.3, 0.4) is 0 Å². The lowest BCUT2D eigenvalue weighted by Gasteiger charge is -2.08. The Morgan fingerprint density at radius 3 is 2.29 bits per heavy atom. The number of hydrogen-bond donors (Lipinski definition) is 2. The van der Waals surface area contributed by atoms with E-state index in [1.807, 2.05) is 0 Å². The first-order valence-electron chi connectivity index (χ1n) is 7.27. The minimum atomic E-state index is -0.417. The summed E-state index contributed by atoms with van der Waals surface area (Å²) in [5.41, 5.74) is 1.14. The fourth-order valence-electron chi connectivity index (χ4n) is 2.20. The monoisotopic (exact) mass is 328 g/mol. The highest BCUT2D eigenvalue weighted by atomic mass is 16.7. The molecule has 2 N–H and O–H groups in total. The lowest BCUT2D eigenvalue weighted by atomic mass is 10.2. The number of carbonyl (C=O) groups is 2. The summed E-state index contributed by atoms with van der Waals surface area (Å²) in [6, 6.07) is 11.9. The van der Waals surface area contributed by atoms with Gasteiger partial charge in [0.25, 0.3) is 0 Å². The average molecular weight is 328 g/mol. The van der Waals surface area contributed by atoms with Gasteiger partial charge in [0.1, 0.15) is 12.2 Å². The Morgan fingerprint density at radius 1 is 0.958 bits per heavy atom. The first kappa shape index (κ1) is 15.7. The Hall–Kier alpha value is -3.22. The van der Waals surface area contributed by atoms with Crippen LogP contribution in [0, 0.1) is 0 Å². The van der Waals surface area contributed by atoms with Gasteiger partial charge in [0.2, 0.25) is 18.6 Å². The molecule has 7 nitrogen and oxygen atoms in total. The van der Waals surface area contributed by atoms with Gasteiger partial charge in [0.05, 0.1) is 7.11 Å². The van der Waals surface area contributed by atoms with Crippen molar-refractivity contribution in [2.24, 2.45) is 0 Å². The lowest BCUT2D eigenvalue weighted by Crippen LogP contribution is -2.21. The van der Waals surface area contributed by atoms with E-state index < -0.39 is 11.8 Å². The van der Waals surface area contributed by atoms with Crippen molar-refractivity contribution in [1.82, 2.24) is 0 Å². The number of ether oxygens (including phenoxy) is 3. The number of carbonyl (C=O) groups excluding carboxylic acids is 2. The van der Waals surface area contributed by atoms with Gasteiger partial charge in [0, 0.05) is 17.4 Å². The molecule has 7 heteroatoms. The van der Waals surface area contributed by atoms with E-state index in [4.69, 9.17) is 14.2 Å². The third-order valence-corrected chi connectivity index (χ3v) is 3.35. The smallest absolute Gasteiger partial charge is 0.233 e. The molecule has 0 atom stereocenters. The van der Waals surface area contributed by atoms with E-state index in [1.54, 1.807) is 49.6 Å². The summed E-state index contributed by atoms with van der Waals surface area (Å²) >= 11 is 0. The highest BCUT2D eigenvalue weighted by Crippen LogP contribution is 2.34. The second-order valence-corrected chi connectivity index (χ2v) is 5.07. The maximum absolute atomic E-state index is 11.9. The maximum atomic E-state index is 11.9. The second kappa shape index (κ2) is 6.91. The topological polar surface area (TPSA) is 85.9 Å². The Bertz CT molecular complexity index is 758. The van der Waals surface area contributed by atoms with Crippen molar-refractivity contribution in [3.63, 3.8) is 0 Å². The molecule has 0 fully saturated rings. The summed E-state index contributed by atoms with van der Waals surface area (Å²) in [5.74, 6) is 1.06. The van der Waals surface area contributed by atoms with E-state index in [-0.39, 0.29) is 13.2 Å². The molecule has 1 aliphatic rings. The zero-order valence-corrected chi connectivity index (χ0v) is 13.0. The number of fused-ring (bicyclic) bond motifs is 1. The molecule has 1 aliphatic heterocycles. The molecule has 2 amide bonds. The quantitative estimate of drug-likeness (QED) is 0.823. The summed E-state index contributed by atoms with van der Waals surface area (Å²) < 4.78 is 15.5. The van der Waals surface area contributed by atoms with E-state index in [2.05, 4.69) is 10.6 Å². The Labute approximate surface area is 138 Å². The van der Waals surface area contributed by atoms with Gasteiger partial charge < -0.3 is 24.8 Å². The van der Waals surface area contributed by atoms with Crippen molar-refractivity contribution in [1.29, 1.82) is 0 Å². The molecule has 0 spiro atoms. The molecule has 2 aromatic rings. The number of hydrogen-bond acceptors (Lipinski definition) is 5. The Morgan fingerprint density at radius 2 is 1.58 bits per heavy atom. The van der Waals surface area contributed by atoms with Crippen LogP contribution in [0.5, 0.6) is 17.2 Å². The molecule has 124 valence electrons.